The maximum Gasteiger partial charge on any atom is 0.228 e. The lowest BCUT2D eigenvalue weighted by molar-refractivity contribution is 0.176. The van der Waals surface area contributed by atoms with Gasteiger partial charge in [-0.05, 0) is 0 Å². The molecule has 1 saturated heterocycles. The molecule has 2 N–H and O–H groups in total. The Morgan fingerprint density at radius 3 is 3.00 bits per heavy atom. The molecule has 3 atom stereocenters. The number of methoxy groups -OCH3 is 1. The van der Waals surface area contributed by atoms with Crippen LogP contribution in [0.15, 0.2) is 4.52 Å². The summed E-state index contributed by atoms with van der Waals surface area (Å²) in [7, 11) is 1.64. The highest BCUT2D eigenvalue weighted by molar-refractivity contribution is 8.06. The normalized spacial score (nSPS) is 26.2. The predicted molar refractivity (Wildman–Crippen MR) is 75.0 cm³/mol. The van der Waals surface area contributed by atoms with Gasteiger partial charge in [-0.2, -0.15) is 16.7 Å². The highest BCUT2D eigenvalue weighted by Gasteiger charge is 2.28. The van der Waals surface area contributed by atoms with Crippen LogP contribution in [0, 0.1) is 0 Å². The van der Waals surface area contributed by atoms with Gasteiger partial charge < -0.3 is 15.0 Å². The van der Waals surface area contributed by atoms with Crippen LogP contribution in [0.2, 0.25) is 0 Å². The fraction of sp³-hybridized carbons (Fsp3) is 0.818. The molecule has 1 aromatic rings. The van der Waals surface area contributed by atoms with Gasteiger partial charge in [0.2, 0.25) is 5.89 Å². The van der Waals surface area contributed by atoms with Crippen LogP contribution in [0.3, 0.4) is 0 Å². The van der Waals surface area contributed by atoms with Crippen molar-refractivity contribution >= 4 is 23.5 Å². The van der Waals surface area contributed by atoms with Gasteiger partial charge in [0.15, 0.2) is 5.82 Å². The summed E-state index contributed by atoms with van der Waals surface area (Å²) < 4.78 is 10.3. The number of rotatable bonds is 5. The molecular weight excluding hydrogens is 270 g/mol. The second kappa shape index (κ2) is 6.79. The van der Waals surface area contributed by atoms with E-state index in [1.165, 1.54) is 5.75 Å². The van der Waals surface area contributed by atoms with E-state index in [0.29, 0.717) is 29.4 Å². The minimum Gasteiger partial charge on any atom is -0.383 e. The van der Waals surface area contributed by atoms with Crippen molar-refractivity contribution in [2.45, 2.75) is 29.9 Å². The van der Waals surface area contributed by atoms with Crippen molar-refractivity contribution in [3.05, 3.63) is 11.7 Å². The van der Waals surface area contributed by atoms with Crippen molar-refractivity contribution in [2.24, 2.45) is 5.73 Å². The lowest BCUT2D eigenvalue weighted by Gasteiger charge is -2.24. The number of nitrogens with zero attached hydrogens (tertiary/aromatic N) is 2. The van der Waals surface area contributed by atoms with Gasteiger partial charge in [0, 0.05) is 36.3 Å². The van der Waals surface area contributed by atoms with Gasteiger partial charge in [-0.25, -0.2) is 0 Å². The van der Waals surface area contributed by atoms with Crippen LogP contribution in [-0.2, 0) is 11.2 Å². The van der Waals surface area contributed by atoms with Crippen molar-refractivity contribution in [3.63, 3.8) is 0 Å². The molecule has 0 aliphatic carbocycles. The third-order valence-corrected chi connectivity index (χ3v) is 5.83. The predicted octanol–water partition coefficient (Wildman–Crippen LogP) is 1.50. The fourth-order valence-corrected chi connectivity index (χ4v) is 4.56. The molecule has 1 fully saturated rings. The van der Waals surface area contributed by atoms with Crippen LogP contribution in [0.1, 0.15) is 23.9 Å². The Morgan fingerprint density at radius 2 is 2.28 bits per heavy atom. The molecule has 2 rings (SSSR count). The van der Waals surface area contributed by atoms with E-state index >= 15 is 0 Å². The molecule has 18 heavy (non-hydrogen) atoms. The third-order valence-electron chi connectivity index (χ3n) is 2.74. The minimum atomic E-state index is -0.0888. The zero-order valence-corrected chi connectivity index (χ0v) is 12.3. The first-order chi connectivity index (χ1) is 8.70. The first kappa shape index (κ1) is 14.2. The number of aromatic nitrogens is 2. The molecule has 0 aromatic carbocycles. The Balaban J connectivity index is 1.96. The number of hydrogen-bond acceptors (Lipinski definition) is 7. The van der Waals surface area contributed by atoms with E-state index in [1.807, 2.05) is 23.5 Å². The topological polar surface area (TPSA) is 74.2 Å². The van der Waals surface area contributed by atoms with Crippen LogP contribution in [0.5, 0.6) is 0 Å². The molecule has 1 aliphatic heterocycles. The lowest BCUT2D eigenvalue weighted by atomic mass is 10.2. The van der Waals surface area contributed by atoms with Gasteiger partial charge >= 0.3 is 0 Å². The molecule has 102 valence electrons. The Hall–Kier alpha value is -0.240. The fourth-order valence-electron chi connectivity index (χ4n) is 1.88. The molecule has 1 aliphatic rings. The first-order valence-electron chi connectivity index (χ1n) is 6.01. The molecule has 1 aromatic heterocycles. The number of thioether (sulfide) groups is 2. The van der Waals surface area contributed by atoms with E-state index in [4.69, 9.17) is 15.0 Å². The molecule has 5 nitrogen and oxygen atoms in total. The molecule has 0 saturated carbocycles. The second-order valence-corrected chi connectivity index (χ2v) is 7.07. The van der Waals surface area contributed by atoms with Crippen LogP contribution in [0.25, 0.3) is 0 Å². The number of hydrogen-bond donors (Lipinski definition) is 1. The van der Waals surface area contributed by atoms with E-state index in [9.17, 15) is 0 Å². The molecule has 0 bridgehead atoms. The summed E-state index contributed by atoms with van der Waals surface area (Å²) in [4.78, 5) is 4.46. The first-order valence-corrected chi connectivity index (χ1v) is 8.10. The summed E-state index contributed by atoms with van der Waals surface area (Å²) in [5, 5.41) is 4.95. The van der Waals surface area contributed by atoms with Gasteiger partial charge in [0.05, 0.1) is 11.9 Å². The molecule has 0 spiro atoms. The van der Waals surface area contributed by atoms with E-state index < -0.39 is 0 Å². The SMILES string of the molecule is COCC(N)Cc1nc(C2SCCSC2C)no1. The number of nitrogens with two attached hydrogens (primary N) is 1. The Kier molecular flexibility index (Phi) is 5.35. The van der Waals surface area contributed by atoms with Gasteiger partial charge in [0.25, 0.3) is 0 Å². The highest BCUT2D eigenvalue weighted by Crippen LogP contribution is 2.41. The van der Waals surface area contributed by atoms with Gasteiger partial charge in [-0.1, -0.05) is 12.1 Å². The highest BCUT2D eigenvalue weighted by atomic mass is 32.2. The third kappa shape index (κ3) is 3.63. The van der Waals surface area contributed by atoms with Gasteiger partial charge in [0.1, 0.15) is 0 Å². The molecule has 0 amide bonds. The van der Waals surface area contributed by atoms with E-state index in [2.05, 4.69) is 17.1 Å². The molecule has 0 radical (unpaired) electrons. The van der Waals surface area contributed by atoms with Crippen molar-refractivity contribution in [3.8, 4) is 0 Å². The lowest BCUT2D eigenvalue weighted by Crippen LogP contribution is -2.28. The van der Waals surface area contributed by atoms with E-state index in [-0.39, 0.29) is 6.04 Å². The largest absolute Gasteiger partial charge is 0.383 e. The monoisotopic (exact) mass is 289 g/mol. The zero-order chi connectivity index (χ0) is 13.0. The molecule has 2 heterocycles. The van der Waals surface area contributed by atoms with E-state index in [0.717, 1.165) is 11.6 Å². The smallest absolute Gasteiger partial charge is 0.228 e. The van der Waals surface area contributed by atoms with Crippen LogP contribution in [-0.4, -0.2) is 46.7 Å². The maximum absolute atomic E-state index is 5.87. The van der Waals surface area contributed by atoms with Gasteiger partial charge in [-0.15, -0.1) is 11.8 Å². The second-order valence-electron chi connectivity index (χ2n) is 4.33. The Labute approximate surface area is 116 Å². The van der Waals surface area contributed by atoms with E-state index in [1.54, 1.807) is 7.11 Å². The zero-order valence-electron chi connectivity index (χ0n) is 10.7. The van der Waals surface area contributed by atoms with Crippen molar-refractivity contribution in [1.82, 2.24) is 10.1 Å². The summed E-state index contributed by atoms with van der Waals surface area (Å²) in [5.41, 5.74) is 5.87. The average Bonchev–Trinajstić information content (AvgIpc) is 2.78. The maximum atomic E-state index is 5.87. The number of ether oxygens (including phenoxy) is 1. The summed E-state index contributed by atoms with van der Waals surface area (Å²) in [6.07, 6.45) is 0.569. The van der Waals surface area contributed by atoms with Crippen molar-refractivity contribution in [1.29, 1.82) is 0 Å². The minimum absolute atomic E-state index is 0.0888. The van der Waals surface area contributed by atoms with Crippen LogP contribution < -0.4 is 5.73 Å². The summed E-state index contributed by atoms with van der Waals surface area (Å²) in [6.45, 7) is 2.72. The van der Waals surface area contributed by atoms with Crippen molar-refractivity contribution in [2.75, 3.05) is 25.2 Å². The standard InChI is InChI=1S/C11H19N3O2S2/c1-7-10(18-4-3-17-7)11-13-9(16-14-11)5-8(12)6-15-2/h7-8,10H,3-6,12H2,1-2H3. The van der Waals surface area contributed by atoms with Crippen LogP contribution in [0.4, 0.5) is 0 Å². The van der Waals surface area contributed by atoms with Crippen molar-refractivity contribution < 1.29 is 9.26 Å². The average molecular weight is 289 g/mol. The molecule has 3 unspecified atom stereocenters. The van der Waals surface area contributed by atoms with Gasteiger partial charge in [-0.3, -0.25) is 0 Å². The van der Waals surface area contributed by atoms with Crippen LogP contribution >= 0.6 is 23.5 Å². The quantitative estimate of drug-likeness (QED) is 0.880. The summed E-state index contributed by atoms with van der Waals surface area (Å²) in [6, 6.07) is -0.0888. The Bertz CT molecular complexity index is 375. The molecule has 7 heteroatoms. The molecular formula is C11H19N3O2S2. The summed E-state index contributed by atoms with van der Waals surface area (Å²) >= 11 is 3.87. The summed E-state index contributed by atoms with van der Waals surface area (Å²) in [5.74, 6) is 3.76. The Morgan fingerprint density at radius 1 is 1.50 bits per heavy atom.